The summed E-state index contributed by atoms with van der Waals surface area (Å²) in [5.74, 6) is -3.29. The van der Waals surface area contributed by atoms with E-state index in [2.05, 4.69) is 0 Å². The van der Waals surface area contributed by atoms with Crippen LogP contribution in [0.25, 0.3) is 0 Å². The number of ketones is 2. The van der Waals surface area contributed by atoms with Gasteiger partial charge >= 0.3 is 13.7 Å². The number of hydrogen-bond acceptors (Lipinski definition) is 5. The number of Topliss-reactive ketones (excluding diaryl/α,β-unsaturated/α-hetero) is 2. The zero-order valence-corrected chi connectivity index (χ0v) is 22.1. The van der Waals surface area contributed by atoms with Gasteiger partial charge in [-0.05, 0) is 75.9 Å². The van der Waals surface area contributed by atoms with E-state index in [0.717, 1.165) is 11.1 Å². The quantitative estimate of drug-likeness (QED) is 0.190. The van der Waals surface area contributed by atoms with E-state index in [1.54, 1.807) is 64.1 Å². The topological polar surface area (TPSA) is 88.6 Å². The summed E-state index contributed by atoms with van der Waals surface area (Å²) in [6.45, 7) is 10.7. The summed E-state index contributed by atoms with van der Waals surface area (Å²) in [7, 11) is -1.62. The lowest BCUT2D eigenvalue weighted by Crippen LogP contribution is -2.59. The minimum atomic E-state index is -2.55. The van der Waals surface area contributed by atoms with Crippen LogP contribution >= 0.6 is 8.46 Å². The molecule has 1 atom stereocenters. The van der Waals surface area contributed by atoms with Crippen LogP contribution in [0.2, 0.25) is 0 Å². The Morgan fingerprint density at radius 1 is 0.667 bits per heavy atom. The molecule has 6 nitrogen and oxygen atoms in total. The molecule has 182 valence electrons. The summed E-state index contributed by atoms with van der Waals surface area (Å²) in [5.41, 5.74) is 4.60. The Morgan fingerprint density at radius 3 is 1.31 bits per heavy atom. The van der Waals surface area contributed by atoms with Crippen molar-refractivity contribution in [1.29, 1.82) is 0 Å². The molecule has 2 amide bonds. The maximum Gasteiger partial charge on any atom is 0.370 e. The predicted molar refractivity (Wildman–Crippen MR) is 139 cm³/mol. The number of amides is 2. The second-order valence-electron chi connectivity index (χ2n) is 9.51. The molecule has 1 aliphatic rings. The average Bonchev–Trinajstić information content (AvgIpc) is 3.04. The van der Waals surface area contributed by atoms with E-state index in [0.29, 0.717) is 27.2 Å². The summed E-state index contributed by atoms with van der Waals surface area (Å²) in [6, 6.07) is 13.3. The lowest BCUT2D eigenvalue weighted by atomic mass is 9.85. The SMILES string of the molecule is Cc1cc(C)c(C(=O)C([PH+]=O)(C(=O)c2c(C)cc(C)cc2C)N2C(=O)c3ccccc3C2=O)c(C)c1. The van der Waals surface area contributed by atoms with Crippen molar-refractivity contribution in [1.82, 2.24) is 4.90 Å². The van der Waals surface area contributed by atoms with Crippen LogP contribution in [0.3, 0.4) is 0 Å². The number of hydrogen-bond donors (Lipinski definition) is 0. The normalized spacial score (nSPS) is 13.3. The van der Waals surface area contributed by atoms with Crippen LogP contribution in [0, 0.1) is 41.5 Å². The first-order chi connectivity index (χ1) is 16.9. The molecule has 0 saturated heterocycles. The molecule has 1 aliphatic heterocycles. The van der Waals surface area contributed by atoms with Crippen LogP contribution in [-0.4, -0.2) is 33.6 Å². The van der Waals surface area contributed by atoms with Crippen LogP contribution in [0.4, 0.5) is 0 Å². The van der Waals surface area contributed by atoms with Gasteiger partial charge in [0.25, 0.3) is 11.8 Å². The zero-order chi connectivity index (χ0) is 26.5. The molecule has 0 radical (unpaired) electrons. The second kappa shape index (κ2) is 9.03. The molecule has 1 heterocycles. The predicted octanol–water partition coefficient (Wildman–Crippen LogP) is 5.62. The van der Waals surface area contributed by atoms with E-state index in [-0.39, 0.29) is 22.3 Å². The smallest absolute Gasteiger partial charge is 0.286 e. The molecule has 1 unspecified atom stereocenters. The molecule has 7 heteroatoms. The fourth-order valence-electron chi connectivity index (χ4n) is 5.38. The lowest BCUT2D eigenvalue weighted by molar-refractivity contribution is 0.0461. The first-order valence-electron chi connectivity index (χ1n) is 11.6. The summed E-state index contributed by atoms with van der Waals surface area (Å²) in [5, 5.41) is -2.55. The highest BCUT2D eigenvalue weighted by molar-refractivity contribution is 7.30. The first kappa shape index (κ1) is 25.3. The van der Waals surface area contributed by atoms with Gasteiger partial charge in [0.2, 0.25) is 11.6 Å². The second-order valence-corrected chi connectivity index (χ2v) is 10.4. The van der Waals surface area contributed by atoms with E-state index in [4.69, 9.17) is 0 Å². The largest absolute Gasteiger partial charge is 0.370 e. The molecule has 3 aromatic carbocycles. The minimum Gasteiger partial charge on any atom is -0.286 e. The number of imide groups is 1. The molecule has 0 aliphatic carbocycles. The fraction of sp³-hybridized carbons (Fsp3) is 0.241. The van der Waals surface area contributed by atoms with Crippen LogP contribution in [0.5, 0.6) is 0 Å². The Labute approximate surface area is 211 Å². The third-order valence-corrected chi connectivity index (χ3v) is 7.72. The van der Waals surface area contributed by atoms with E-state index in [1.165, 1.54) is 12.1 Å². The highest BCUT2D eigenvalue weighted by atomic mass is 31.1. The lowest BCUT2D eigenvalue weighted by Gasteiger charge is -2.29. The van der Waals surface area contributed by atoms with Crippen molar-refractivity contribution in [2.75, 3.05) is 0 Å². The Hall–Kier alpha value is -3.76. The number of carbonyl (C=O) groups is 4. The van der Waals surface area contributed by atoms with Gasteiger partial charge in [0, 0.05) is 11.1 Å². The third kappa shape index (κ3) is 3.64. The zero-order valence-electron chi connectivity index (χ0n) is 21.1. The summed E-state index contributed by atoms with van der Waals surface area (Å²) < 4.78 is 13.2. The number of fused-ring (bicyclic) bond motifs is 1. The molecule has 36 heavy (non-hydrogen) atoms. The van der Waals surface area contributed by atoms with Gasteiger partial charge in [-0.15, -0.1) is 0 Å². The van der Waals surface area contributed by atoms with Crippen molar-refractivity contribution in [2.45, 2.75) is 46.8 Å². The molecule has 4 rings (SSSR count). The molecule has 0 spiro atoms. The molecular weight excluding hydrogens is 473 g/mol. The monoisotopic (exact) mass is 500 g/mol. The van der Waals surface area contributed by atoms with Gasteiger partial charge in [0.15, 0.2) is 0 Å². The molecule has 0 N–H and O–H groups in total. The summed E-state index contributed by atoms with van der Waals surface area (Å²) in [6.07, 6.45) is 0. The molecule has 0 fully saturated rings. The molecule has 3 aromatic rings. The maximum absolute atomic E-state index is 14.4. The van der Waals surface area contributed by atoms with E-state index < -0.39 is 37.1 Å². The van der Waals surface area contributed by atoms with Crippen molar-refractivity contribution in [3.63, 3.8) is 0 Å². The number of rotatable bonds is 6. The molecule has 0 saturated carbocycles. The van der Waals surface area contributed by atoms with E-state index in [1.807, 2.05) is 13.8 Å². The van der Waals surface area contributed by atoms with Crippen molar-refractivity contribution >= 4 is 31.8 Å². The average molecular weight is 501 g/mol. The fourth-order valence-corrected chi connectivity index (χ4v) is 6.11. The van der Waals surface area contributed by atoms with Gasteiger partial charge in [-0.3, -0.25) is 19.2 Å². The van der Waals surface area contributed by atoms with Gasteiger partial charge in [-0.2, -0.15) is 0 Å². The number of carbonyl (C=O) groups excluding carboxylic acids is 4. The van der Waals surface area contributed by atoms with Crippen molar-refractivity contribution in [3.8, 4) is 0 Å². The van der Waals surface area contributed by atoms with Crippen molar-refractivity contribution in [2.24, 2.45) is 0 Å². The highest BCUT2D eigenvalue weighted by Gasteiger charge is 2.66. The number of nitrogens with zero attached hydrogens (tertiary/aromatic N) is 1. The maximum atomic E-state index is 14.4. The molecular formula is C29H27NO5P+. The van der Waals surface area contributed by atoms with Gasteiger partial charge in [0.05, 0.1) is 11.1 Å². The van der Waals surface area contributed by atoms with Crippen LogP contribution in [0.15, 0.2) is 48.5 Å². The van der Waals surface area contributed by atoms with E-state index >= 15 is 0 Å². The van der Waals surface area contributed by atoms with Gasteiger partial charge in [-0.1, -0.05) is 52.1 Å². The standard InChI is InChI=1S/C29H26NO5P/c1-15-11-17(3)23(18(4)12-15)25(31)29(36-35,26(32)24-19(5)13-16(2)14-20(24)6)30-27(33)21-9-7-8-10-22(21)28(30)34/h7-14H,1-6H3/p+1. The number of aryl methyl sites for hydroxylation is 6. The molecule has 0 aromatic heterocycles. The Kier molecular flexibility index (Phi) is 6.36. The van der Waals surface area contributed by atoms with Crippen molar-refractivity contribution in [3.05, 3.63) is 104 Å². The highest BCUT2D eigenvalue weighted by Crippen LogP contribution is 2.43. The number of benzene rings is 3. The molecule has 0 bridgehead atoms. The first-order valence-corrected chi connectivity index (χ1v) is 12.5. The van der Waals surface area contributed by atoms with Crippen LogP contribution < -0.4 is 0 Å². The summed E-state index contributed by atoms with van der Waals surface area (Å²) in [4.78, 5) is 56.7. The van der Waals surface area contributed by atoms with Crippen LogP contribution in [0.1, 0.15) is 74.8 Å². The van der Waals surface area contributed by atoms with Gasteiger partial charge < -0.3 is 0 Å². The Bertz CT molecular complexity index is 1350. The Balaban J connectivity index is 2.06. The van der Waals surface area contributed by atoms with Crippen molar-refractivity contribution < 1.29 is 23.7 Å². The minimum absolute atomic E-state index is 0.0698. The third-order valence-electron chi connectivity index (χ3n) is 6.74. The van der Waals surface area contributed by atoms with Crippen LogP contribution in [-0.2, 0) is 4.57 Å². The van der Waals surface area contributed by atoms with Gasteiger partial charge in [0.1, 0.15) is 0 Å². The van der Waals surface area contributed by atoms with Gasteiger partial charge in [-0.25, -0.2) is 4.90 Å². The Morgan fingerprint density at radius 2 is 1.00 bits per heavy atom. The summed E-state index contributed by atoms with van der Waals surface area (Å²) >= 11 is 0. The van der Waals surface area contributed by atoms with E-state index in [9.17, 15) is 23.7 Å².